The number of halogens is 1. The lowest BCUT2D eigenvalue weighted by Crippen LogP contribution is -2.30. The second kappa shape index (κ2) is 9.78. The van der Waals surface area contributed by atoms with Gasteiger partial charge in [0.25, 0.3) is 0 Å². The van der Waals surface area contributed by atoms with E-state index in [1.165, 1.54) is 0 Å². The third kappa shape index (κ3) is 6.40. The topological polar surface area (TPSA) is 46.3 Å². The van der Waals surface area contributed by atoms with Crippen molar-refractivity contribution in [2.24, 2.45) is 5.73 Å². The molecule has 1 rings (SSSR count). The molecule has 0 aliphatic heterocycles. The lowest BCUT2D eigenvalue weighted by atomic mass is 10.1. The second-order valence-corrected chi connectivity index (χ2v) is 5.43. The van der Waals surface area contributed by atoms with E-state index in [1.807, 2.05) is 36.1 Å². The average molecular weight is 297 g/mol. The molecular formula is C16H25ClN2O. The van der Waals surface area contributed by atoms with Crippen LogP contribution in [0.1, 0.15) is 44.6 Å². The Kier molecular flexibility index (Phi) is 8.31. The molecule has 1 aromatic carbocycles. The van der Waals surface area contributed by atoms with Crippen LogP contribution < -0.4 is 5.73 Å². The maximum Gasteiger partial charge on any atom is 0.222 e. The molecule has 0 saturated carbocycles. The van der Waals surface area contributed by atoms with Crippen molar-refractivity contribution >= 4 is 17.5 Å². The fourth-order valence-electron chi connectivity index (χ4n) is 2.16. The minimum absolute atomic E-state index is 0.222. The van der Waals surface area contributed by atoms with Gasteiger partial charge in [0.15, 0.2) is 0 Å². The number of benzene rings is 1. The van der Waals surface area contributed by atoms with Crippen LogP contribution in [0, 0.1) is 0 Å². The quantitative estimate of drug-likeness (QED) is 0.708. The number of hydrogen-bond donors (Lipinski definition) is 1. The van der Waals surface area contributed by atoms with E-state index in [9.17, 15) is 4.79 Å². The standard InChI is InChI=1S/C16H25ClN2O/c1-2-19(13-14-8-7-9-15(17)12-14)16(20)10-5-3-4-6-11-18/h7-9,12H,2-6,10-11,13,18H2,1H3. The summed E-state index contributed by atoms with van der Waals surface area (Å²) in [6.07, 6.45) is 4.82. The molecule has 4 heteroatoms. The third-order valence-corrected chi connectivity index (χ3v) is 3.58. The number of hydrogen-bond acceptors (Lipinski definition) is 2. The van der Waals surface area contributed by atoms with E-state index in [2.05, 4.69) is 0 Å². The van der Waals surface area contributed by atoms with Gasteiger partial charge in [-0.3, -0.25) is 4.79 Å². The van der Waals surface area contributed by atoms with Crippen molar-refractivity contribution in [1.82, 2.24) is 4.90 Å². The molecule has 0 unspecified atom stereocenters. The fourth-order valence-corrected chi connectivity index (χ4v) is 2.38. The van der Waals surface area contributed by atoms with Crippen LogP contribution in [-0.2, 0) is 11.3 Å². The molecule has 0 spiro atoms. The van der Waals surface area contributed by atoms with Gasteiger partial charge in [-0.1, -0.05) is 36.6 Å². The zero-order valence-electron chi connectivity index (χ0n) is 12.3. The molecule has 112 valence electrons. The molecule has 1 aromatic rings. The van der Waals surface area contributed by atoms with Crippen LogP contribution in [0.15, 0.2) is 24.3 Å². The summed E-state index contributed by atoms with van der Waals surface area (Å²) >= 11 is 5.97. The molecule has 0 aromatic heterocycles. The Morgan fingerprint density at radius 2 is 2.00 bits per heavy atom. The summed E-state index contributed by atoms with van der Waals surface area (Å²) in [5.41, 5.74) is 6.53. The van der Waals surface area contributed by atoms with Crippen LogP contribution in [0.2, 0.25) is 5.02 Å². The van der Waals surface area contributed by atoms with Crippen LogP contribution in [0.5, 0.6) is 0 Å². The van der Waals surface area contributed by atoms with E-state index >= 15 is 0 Å². The normalized spacial score (nSPS) is 10.6. The Labute approximate surface area is 127 Å². The van der Waals surface area contributed by atoms with Crippen molar-refractivity contribution < 1.29 is 4.79 Å². The first-order valence-corrected chi connectivity index (χ1v) is 7.77. The van der Waals surface area contributed by atoms with Gasteiger partial charge in [0.05, 0.1) is 0 Å². The highest BCUT2D eigenvalue weighted by Gasteiger charge is 2.11. The number of rotatable bonds is 9. The van der Waals surface area contributed by atoms with Crippen molar-refractivity contribution in [2.75, 3.05) is 13.1 Å². The molecule has 0 radical (unpaired) electrons. The molecule has 0 atom stereocenters. The second-order valence-electron chi connectivity index (χ2n) is 4.99. The summed E-state index contributed by atoms with van der Waals surface area (Å²) in [7, 11) is 0. The van der Waals surface area contributed by atoms with Gasteiger partial charge >= 0.3 is 0 Å². The summed E-state index contributed by atoms with van der Waals surface area (Å²) in [6.45, 7) is 4.12. The molecule has 1 amide bonds. The SMILES string of the molecule is CCN(Cc1cccc(Cl)c1)C(=O)CCCCCCN. The molecule has 20 heavy (non-hydrogen) atoms. The van der Waals surface area contributed by atoms with Gasteiger partial charge in [0.2, 0.25) is 5.91 Å². The number of nitrogens with two attached hydrogens (primary N) is 1. The molecule has 0 aliphatic rings. The zero-order valence-corrected chi connectivity index (χ0v) is 13.0. The Morgan fingerprint density at radius 1 is 1.25 bits per heavy atom. The van der Waals surface area contributed by atoms with Crippen molar-refractivity contribution in [2.45, 2.75) is 45.6 Å². The van der Waals surface area contributed by atoms with Crippen LogP contribution in [0.25, 0.3) is 0 Å². The van der Waals surface area contributed by atoms with E-state index in [0.29, 0.717) is 18.0 Å². The summed E-state index contributed by atoms with van der Waals surface area (Å²) in [6, 6.07) is 7.69. The lowest BCUT2D eigenvalue weighted by molar-refractivity contribution is -0.131. The summed E-state index contributed by atoms with van der Waals surface area (Å²) in [5.74, 6) is 0.222. The van der Waals surface area contributed by atoms with Gasteiger partial charge in [0, 0.05) is 24.5 Å². The number of unbranched alkanes of at least 4 members (excludes halogenated alkanes) is 3. The van der Waals surface area contributed by atoms with Crippen LogP contribution in [-0.4, -0.2) is 23.9 Å². The minimum Gasteiger partial charge on any atom is -0.339 e. The molecular weight excluding hydrogens is 272 g/mol. The predicted octanol–water partition coefficient (Wildman–Crippen LogP) is 3.60. The summed E-state index contributed by atoms with van der Waals surface area (Å²) in [5, 5.41) is 0.716. The zero-order chi connectivity index (χ0) is 14.8. The lowest BCUT2D eigenvalue weighted by Gasteiger charge is -2.21. The third-order valence-electron chi connectivity index (χ3n) is 3.34. The summed E-state index contributed by atoms with van der Waals surface area (Å²) < 4.78 is 0. The highest BCUT2D eigenvalue weighted by molar-refractivity contribution is 6.30. The Balaban J connectivity index is 2.39. The number of nitrogens with zero attached hydrogens (tertiary/aromatic N) is 1. The first kappa shape index (κ1) is 17.0. The van der Waals surface area contributed by atoms with Gasteiger partial charge in [-0.05, 0) is 44.0 Å². The largest absolute Gasteiger partial charge is 0.339 e. The van der Waals surface area contributed by atoms with E-state index in [0.717, 1.165) is 44.3 Å². The predicted molar refractivity (Wildman–Crippen MR) is 84.7 cm³/mol. The smallest absolute Gasteiger partial charge is 0.222 e. The number of amides is 1. The fraction of sp³-hybridized carbons (Fsp3) is 0.562. The van der Waals surface area contributed by atoms with Crippen LogP contribution >= 0.6 is 11.6 Å². The molecule has 0 saturated heterocycles. The first-order valence-electron chi connectivity index (χ1n) is 7.39. The molecule has 0 heterocycles. The van der Waals surface area contributed by atoms with Crippen LogP contribution in [0.4, 0.5) is 0 Å². The number of carbonyl (C=O) groups is 1. The molecule has 0 bridgehead atoms. The minimum atomic E-state index is 0.222. The van der Waals surface area contributed by atoms with Crippen molar-refractivity contribution in [3.05, 3.63) is 34.9 Å². The van der Waals surface area contributed by atoms with E-state index in [-0.39, 0.29) is 5.91 Å². The Bertz CT molecular complexity index is 409. The van der Waals surface area contributed by atoms with Crippen LogP contribution in [0.3, 0.4) is 0 Å². The molecule has 2 N–H and O–H groups in total. The highest BCUT2D eigenvalue weighted by atomic mass is 35.5. The summed E-state index contributed by atoms with van der Waals surface area (Å²) in [4.78, 5) is 14.0. The molecule has 0 aliphatic carbocycles. The Morgan fingerprint density at radius 3 is 2.65 bits per heavy atom. The molecule has 3 nitrogen and oxygen atoms in total. The van der Waals surface area contributed by atoms with Crippen molar-refractivity contribution in [1.29, 1.82) is 0 Å². The van der Waals surface area contributed by atoms with E-state index in [4.69, 9.17) is 17.3 Å². The average Bonchev–Trinajstić information content (AvgIpc) is 2.44. The maximum atomic E-state index is 12.2. The molecule has 0 fully saturated rings. The Hall–Kier alpha value is -1.06. The van der Waals surface area contributed by atoms with E-state index < -0.39 is 0 Å². The van der Waals surface area contributed by atoms with Gasteiger partial charge in [-0.25, -0.2) is 0 Å². The van der Waals surface area contributed by atoms with Gasteiger partial charge in [0.1, 0.15) is 0 Å². The monoisotopic (exact) mass is 296 g/mol. The van der Waals surface area contributed by atoms with Gasteiger partial charge < -0.3 is 10.6 Å². The highest BCUT2D eigenvalue weighted by Crippen LogP contribution is 2.14. The number of carbonyl (C=O) groups excluding carboxylic acids is 1. The maximum absolute atomic E-state index is 12.2. The van der Waals surface area contributed by atoms with Crippen molar-refractivity contribution in [3.8, 4) is 0 Å². The van der Waals surface area contributed by atoms with Gasteiger partial charge in [-0.15, -0.1) is 0 Å². The van der Waals surface area contributed by atoms with E-state index in [1.54, 1.807) is 0 Å². The van der Waals surface area contributed by atoms with Crippen molar-refractivity contribution in [3.63, 3.8) is 0 Å². The first-order chi connectivity index (χ1) is 9.67. The van der Waals surface area contributed by atoms with Gasteiger partial charge in [-0.2, -0.15) is 0 Å².